The first-order chi connectivity index (χ1) is 7.91. The number of rotatable bonds is 4. The Hall–Kier alpha value is -1.42. The number of benzene rings is 1. The molecular weight excluding hydrogens is 245 g/mol. The van der Waals surface area contributed by atoms with Crippen LogP contribution in [0.5, 0.6) is 0 Å². The fourth-order valence-electron chi connectivity index (χ4n) is 1.14. The molecule has 0 aliphatic rings. The van der Waals surface area contributed by atoms with Crippen LogP contribution in [0.4, 0.5) is 4.39 Å². The molecule has 0 unspecified atom stereocenters. The van der Waals surface area contributed by atoms with Crippen molar-refractivity contribution in [3.8, 4) is 0 Å². The fourth-order valence-corrected chi connectivity index (χ4v) is 1.39. The summed E-state index contributed by atoms with van der Waals surface area (Å²) in [6, 6.07) is 3.48. The summed E-state index contributed by atoms with van der Waals surface area (Å²) in [5, 5.41) is 2.47. The Morgan fingerprint density at radius 3 is 2.59 bits per heavy atom. The molecule has 0 saturated heterocycles. The summed E-state index contributed by atoms with van der Waals surface area (Å²) in [5.41, 5.74) is 0.157. The van der Waals surface area contributed by atoms with E-state index in [-0.39, 0.29) is 28.8 Å². The summed E-state index contributed by atoms with van der Waals surface area (Å²) in [6.07, 6.45) is 0. The van der Waals surface area contributed by atoms with Crippen molar-refractivity contribution in [3.63, 3.8) is 0 Å². The molecule has 1 amide bonds. The molecule has 0 radical (unpaired) electrons. The molecule has 0 aliphatic heterocycles. The Morgan fingerprint density at radius 2 is 2.06 bits per heavy atom. The van der Waals surface area contributed by atoms with Crippen LogP contribution in [0, 0.1) is 11.7 Å². The molecule has 0 bridgehead atoms. The third-order valence-electron chi connectivity index (χ3n) is 2.24. The van der Waals surface area contributed by atoms with E-state index < -0.39 is 11.7 Å². The van der Waals surface area contributed by atoms with Crippen LogP contribution in [0.2, 0.25) is 5.02 Å². The molecule has 0 atom stereocenters. The molecular formula is C12H13ClFNO2. The van der Waals surface area contributed by atoms with E-state index >= 15 is 0 Å². The Balaban J connectivity index is 2.68. The highest BCUT2D eigenvalue weighted by Crippen LogP contribution is 2.16. The molecule has 1 aromatic rings. The van der Waals surface area contributed by atoms with Gasteiger partial charge in [0.1, 0.15) is 5.82 Å². The van der Waals surface area contributed by atoms with Gasteiger partial charge in [-0.3, -0.25) is 9.59 Å². The summed E-state index contributed by atoms with van der Waals surface area (Å²) in [7, 11) is 0. The molecule has 1 N–H and O–H groups in total. The van der Waals surface area contributed by atoms with Gasteiger partial charge in [0.05, 0.1) is 17.1 Å². The van der Waals surface area contributed by atoms with Crippen LogP contribution in [-0.4, -0.2) is 18.2 Å². The minimum atomic E-state index is -0.509. The maximum atomic E-state index is 12.8. The Labute approximate surface area is 104 Å². The quantitative estimate of drug-likeness (QED) is 0.901. The zero-order valence-electron chi connectivity index (χ0n) is 9.59. The molecule has 0 aromatic heterocycles. The number of carbonyl (C=O) groups is 2. The monoisotopic (exact) mass is 257 g/mol. The van der Waals surface area contributed by atoms with Crippen molar-refractivity contribution in [3.05, 3.63) is 34.6 Å². The van der Waals surface area contributed by atoms with Gasteiger partial charge in [-0.05, 0) is 18.2 Å². The first-order valence-electron chi connectivity index (χ1n) is 5.17. The lowest BCUT2D eigenvalue weighted by Crippen LogP contribution is -2.31. The predicted octanol–water partition coefficient (Wildman–Crippen LogP) is 2.43. The van der Waals surface area contributed by atoms with Crippen LogP contribution < -0.4 is 5.32 Å². The third kappa shape index (κ3) is 3.82. The average Bonchev–Trinajstić information content (AvgIpc) is 2.25. The highest BCUT2D eigenvalue weighted by atomic mass is 35.5. The van der Waals surface area contributed by atoms with Crippen molar-refractivity contribution in [2.24, 2.45) is 5.92 Å². The maximum absolute atomic E-state index is 12.8. The van der Waals surface area contributed by atoms with Gasteiger partial charge in [0.2, 0.25) is 0 Å². The smallest absolute Gasteiger partial charge is 0.253 e. The van der Waals surface area contributed by atoms with Gasteiger partial charge in [0, 0.05) is 5.92 Å². The molecule has 1 rings (SSSR count). The van der Waals surface area contributed by atoms with E-state index in [1.165, 1.54) is 6.07 Å². The van der Waals surface area contributed by atoms with Crippen LogP contribution in [-0.2, 0) is 4.79 Å². The zero-order valence-corrected chi connectivity index (χ0v) is 10.3. The lowest BCUT2D eigenvalue weighted by atomic mass is 10.1. The lowest BCUT2D eigenvalue weighted by molar-refractivity contribution is -0.120. The number of hydrogen-bond acceptors (Lipinski definition) is 2. The SMILES string of the molecule is CC(C)C(=O)CNC(=O)c1ccc(F)cc1Cl. The summed E-state index contributed by atoms with van der Waals surface area (Å²) in [6.45, 7) is 3.45. The van der Waals surface area contributed by atoms with E-state index in [0.717, 1.165) is 12.1 Å². The van der Waals surface area contributed by atoms with Gasteiger partial charge in [-0.15, -0.1) is 0 Å². The minimum absolute atomic E-state index is 0.0273. The standard InChI is InChI=1S/C12H13ClFNO2/c1-7(2)11(16)6-15-12(17)9-4-3-8(14)5-10(9)13/h3-5,7H,6H2,1-2H3,(H,15,17). The first kappa shape index (κ1) is 13.6. The normalized spacial score (nSPS) is 10.4. The largest absolute Gasteiger partial charge is 0.345 e. The highest BCUT2D eigenvalue weighted by molar-refractivity contribution is 6.33. The third-order valence-corrected chi connectivity index (χ3v) is 2.56. The maximum Gasteiger partial charge on any atom is 0.253 e. The van der Waals surface area contributed by atoms with Crippen molar-refractivity contribution in [1.82, 2.24) is 5.32 Å². The lowest BCUT2D eigenvalue weighted by Gasteiger charge is -2.07. The number of amides is 1. The van der Waals surface area contributed by atoms with E-state index in [9.17, 15) is 14.0 Å². The Kier molecular flexibility index (Phi) is 4.63. The van der Waals surface area contributed by atoms with Crippen molar-refractivity contribution < 1.29 is 14.0 Å². The van der Waals surface area contributed by atoms with Crippen molar-refractivity contribution in [1.29, 1.82) is 0 Å². The first-order valence-corrected chi connectivity index (χ1v) is 5.55. The van der Waals surface area contributed by atoms with Crippen LogP contribution in [0.15, 0.2) is 18.2 Å². The number of ketones is 1. The van der Waals surface area contributed by atoms with E-state index in [0.29, 0.717) is 0 Å². The molecule has 17 heavy (non-hydrogen) atoms. The van der Waals surface area contributed by atoms with Crippen molar-refractivity contribution in [2.75, 3.05) is 6.54 Å². The van der Waals surface area contributed by atoms with Gasteiger partial charge in [-0.2, -0.15) is 0 Å². The van der Waals surface area contributed by atoms with Crippen LogP contribution in [0.1, 0.15) is 24.2 Å². The second-order valence-electron chi connectivity index (χ2n) is 3.93. The molecule has 0 spiro atoms. The average molecular weight is 258 g/mol. The molecule has 0 heterocycles. The number of carbonyl (C=O) groups excluding carboxylic acids is 2. The number of nitrogens with one attached hydrogen (secondary N) is 1. The van der Waals surface area contributed by atoms with Crippen LogP contribution in [0.25, 0.3) is 0 Å². The molecule has 92 valence electrons. The minimum Gasteiger partial charge on any atom is -0.345 e. The summed E-state index contributed by atoms with van der Waals surface area (Å²) < 4.78 is 12.8. The fraction of sp³-hybridized carbons (Fsp3) is 0.333. The van der Waals surface area contributed by atoms with Gasteiger partial charge >= 0.3 is 0 Å². The molecule has 5 heteroatoms. The Bertz CT molecular complexity index is 446. The van der Waals surface area contributed by atoms with Gasteiger partial charge in [-0.25, -0.2) is 4.39 Å². The van der Waals surface area contributed by atoms with Gasteiger partial charge in [-0.1, -0.05) is 25.4 Å². The molecule has 0 aliphatic carbocycles. The van der Waals surface area contributed by atoms with Crippen molar-refractivity contribution in [2.45, 2.75) is 13.8 Å². The van der Waals surface area contributed by atoms with E-state index in [1.54, 1.807) is 13.8 Å². The van der Waals surface area contributed by atoms with E-state index in [4.69, 9.17) is 11.6 Å². The molecule has 3 nitrogen and oxygen atoms in total. The topological polar surface area (TPSA) is 46.2 Å². The molecule has 1 aromatic carbocycles. The predicted molar refractivity (Wildman–Crippen MR) is 63.6 cm³/mol. The summed E-state index contributed by atoms with van der Waals surface area (Å²) in [4.78, 5) is 22.9. The van der Waals surface area contributed by atoms with Gasteiger partial charge < -0.3 is 5.32 Å². The highest BCUT2D eigenvalue weighted by Gasteiger charge is 2.13. The second kappa shape index (κ2) is 5.77. The Morgan fingerprint density at radius 1 is 1.41 bits per heavy atom. The number of halogens is 2. The van der Waals surface area contributed by atoms with E-state index in [1.807, 2.05) is 0 Å². The van der Waals surface area contributed by atoms with Crippen LogP contribution >= 0.6 is 11.6 Å². The van der Waals surface area contributed by atoms with Crippen LogP contribution in [0.3, 0.4) is 0 Å². The van der Waals surface area contributed by atoms with Gasteiger partial charge in [0.25, 0.3) is 5.91 Å². The molecule has 0 fully saturated rings. The number of Topliss-reactive ketones (excluding diaryl/α,β-unsaturated/α-hetero) is 1. The van der Waals surface area contributed by atoms with Crippen molar-refractivity contribution >= 4 is 23.3 Å². The zero-order chi connectivity index (χ0) is 13.0. The number of hydrogen-bond donors (Lipinski definition) is 1. The summed E-state index contributed by atoms with van der Waals surface area (Å²) >= 11 is 5.72. The molecule has 0 saturated carbocycles. The van der Waals surface area contributed by atoms with Gasteiger partial charge in [0.15, 0.2) is 5.78 Å². The summed E-state index contributed by atoms with van der Waals surface area (Å²) in [5.74, 6) is -1.20. The van der Waals surface area contributed by atoms with E-state index in [2.05, 4.69) is 5.32 Å². The second-order valence-corrected chi connectivity index (χ2v) is 4.34.